The molecular weight excluding hydrogens is 274 g/mol. The Bertz CT molecular complexity index is 541. The van der Waals surface area contributed by atoms with Crippen molar-refractivity contribution in [3.8, 4) is 0 Å². The summed E-state index contributed by atoms with van der Waals surface area (Å²) < 4.78 is 5.62. The molecular formula is C19H25NO2. The van der Waals surface area contributed by atoms with Crippen LogP contribution >= 0.6 is 0 Å². The second kappa shape index (κ2) is 4.62. The first-order chi connectivity index (χ1) is 10.7. The molecule has 0 radical (unpaired) electrons. The highest BCUT2D eigenvalue weighted by atomic mass is 16.3. The van der Waals surface area contributed by atoms with Gasteiger partial charge in [-0.2, -0.15) is 0 Å². The van der Waals surface area contributed by atoms with Crippen LogP contribution in [-0.4, -0.2) is 17.4 Å². The van der Waals surface area contributed by atoms with E-state index < -0.39 is 0 Å². The lowest BCUT2D eigenvalue weighted by molar-refractivity contribution is -0.159. The lowest BCUT2D eigenvalue weighted by Crippen LogP contribution is -2.54. The van der Waals surface area contributed by atoms with Crippen LogP contribution in [0.4, 0.5) is 0 Å². The number of hydrogen-bond donors (Lipinski definition) is 0. The summed E-state index contributed by atoms with van der Waals surface area (Å²) in [6.07, 6.45) is 11.6. The van der Waals surface area contributed by atoms with Gasteiger partial charge in [0, 0.05) is 6.54 Å². The first kappa shape index (κ1) is 13.2. The van der Waals surface area contributed by atoms with E-state index >= 15 is 0 Å². The number of rotatable bonds is 2. The maximum atomic E-state index is 13.5. The average Bonchev–Trinajstić information content (AvgIpc) is 3.16. The van der Waals surface area contributed by atoms with Crippen molar-refractivity contribution in [3.63, 3.8) is 0 Å². The standard InChI is InChI=1S/C19H25NO2/c21-18(20-5-1-3-16(20)17-4-2-6-22-17)19-10-13-7-14(11-19)9-15(8-13)12-19/h2,4,6,13-16H,1,3,5,7-12H2. The highest BCUT2D eigenvalue weighted by Gasteiger charge is 2.56. The van der Waals surface area contributed by atoms with E-state index in [1.54, 1.807) is 6.26 Å². The zero-order valence-electron chi connectivity index (χ0n) is 13.2. The van der Waals surface area contributed by atoms with Gasteiger partial charge in [0.2, 0.25) is 5.91 Å². The van der Waals surface area contributed by atoms with E-state index in [1.807, 2.05) is 12.1 Å². The summed E-state index contributed by atoms with van der Waals surface area (Å²) in [5.41, 5.74) is -0.00999. The number of carbonyl (C=O) groups excluding carboxylic acids is 1. The van der Waals surface area contributed by atoms with Gasteiger partial charge in [-0.05, 0) is 81.3 Å². The lowest BCUT2D eigenvalue weighted by atomic mass is 9.49. The van der Waals surface area contributed by atoms with Gasteiger partial charge in [0.25, 0.3) is 0 Å². The molecule has 6 rings (SSSR count). The van der Waals surface area contributed by atoms with Crippen LogP contribution in [0.2, 0.25) is 0 Å². The molecule has 2 heterocycles. The van der Waals surface area contributed by atoms with Crippen LogP contribution in [0.3, 0.4) is 0 Å². The number of amides is 1. The van der Waals surface area contributed by atoms with Gasteiger partial charge in [-0.1, -0.05) is 0 Å². The number of likely N-dealkylation sites (tertiary alicyclic amines) is 1. The molecule has 4 saturated carbocycles. The van der Waals surface area contributed by atoms with Crippen LogP contribution in [0.1, 0.15) is 63.2 Å². The van der Waals surface area contributed by atoms with E-state index in [2.05, 4.69) is 4.90 Å². The molecule has 1 aromatic rings. The van der Waals surface area contributed by atoms with Crippen molar-refractivity contribution in [1.82, 2.24) is 4.90 Å². The van der Waals surface area contributed by atoms with Crippen LogP contribution in [-0.2, 0) is 4.79 Å². The molecule has 3 heteroatoms. The third kappa shape index (κ3) is 1.83. The molecule has 1 amide bonds. The van der Waals surface area contributed by atoms with E-state index in [-0.39, 0.29) is 11.5 Å². The summed E-state index contributed by atoms with van der Waals surface area (Å²) in [7, 11) is 0. The first-order valence-corrected chi connectivity index (χ1v) is 9.08. The van der Waals surface area contributed by atoms with Crippen molar-refractivity contribution in [3.05, 3.63) is 24.2 Å². The number of hydrogen-bond acceptors (Lipinski definition) is 2. The Kier molecular flexibility index (Phi) is 2.78. The van der Waals surface area contributed by atoms with Crippen molar-refractivity contribution < 1.29 is 9.21 Å². The molecule has 0 N–H and O–H groups in total. The summed E-state index contributed by atoms with van der Waals surface area (Å²) in [5, 5.41) is 0. The van der Waals surface area contributed by atoms with Gasteiger partial charge in [-0.15, -0.1) is 0 Å². The monoisotopic (exact) mass is 299 g/mol. The first-order valence-electron chi connectivity index (χ1n) is 9.08. The van der Waals surface area contributed by atoms with Gasteiger partial charge < -0.3 is 9.32 Å². The Morgan fingerprint density at radius 1 is 1.14 bits per heavy atom. The number of nitrogens with zero attached hydrogens (tertiary/aromatic N) is 1. The van der Waals surface area contributed by atoms with Gasteiger partial charge in [0.05, 0.1) is 17.7 Å². The summed E-state index contributed by atoms with van der Waals surface area (Å²) in [6.45, 7) is 0.923. The summed E-state index contributed by atoms with van der Waals surface area (Å²) in [5.74, 6) is 3.95. The zero-order chi connectivity index (χ0) is 14.7. The van der Waals surface area contributed by atoms with Crippen molar-refractivity contribution in [1.29, 1.82) is 0 Å². The molecule has 4 aliphatic carbocycles. The smallest absolute Gasteiger partial charge is 0.229 e. The van der Waals surface area contributed by atoms with E-state index in [0.29, 0.717) is 5.91 Å². The van der Waals surface area contributed by atoms with Gasteiger partial charge >= 0.3 is 0 Å². The maximum absolute atomic E-state index is 13.5. The van der Waals surface area contributed by atoms with Crippen LogP contribution in [0.15, 0.2) is 22.8 Å². The van der Waals surface area contributed by atoms with Crippen LogP contribution in [0.5, 0.6) is 0 Å². The van der Waals surface area contributed by atoms with E-state index in [0.717, 1.165) is 42.9 Å². The Morgan fingerprint density at radius 2 is 1.82 bits per heavy atom. The Morgan fingerprint density at radius 3 is 2.41 bits per heavy atom. The van der Waals surface area contributed by atoms with Crippen molar-refractivity contribution in [2.45, 2.75) is 57.4 Å². The van der Waals surface area contributed by atoms with E-state index in [9.17, 15) is 4.79 Å². The SMILES string of the molecule is O=C(N1CCCC1c1ccco1)C12CC3CC(CC(C3)C1)C2. The zero-order valence-corrected chi connectivity index (χ0v) is 13.2. The molecule has 22 heavy (non-hydrogen) atoms. The molecule has 4 bridgehead atoms. The summed E-state index contributed by atoms with van der Waals surface area (Å²) in [4.78, 5) is 15.7. The van der Waals surface area contributed by atoms with Crippen LogP contribution < -0.4 is 0 Å². The summed E-state index contributed by atoms with van der Waals surface area (Å²) in [6, 6.07) is 4.17. The fourth-order valence-electron chi connectivity index (χ4n) is 6.46. The molecule has 5 aliphatic rings. The fourth-order valence-corrected chi connectivity index (χ4v) is 6.46. The van der Waals surface area contributed by atoms with Gasteiger partial charge in [-0.25, -0.2) is 0 Å². The molecule has 0 aromatic carbocycles. The lowest BCUT2D eigenvalue weighted by Gasteiger charge is -2.56. The number of carbonyl (C=O) groups is 1. The van der Waals surface area contributed by atoms with Crippen molar-refractivity contribution in [2.24, 2.45) is 23.2 Å². The third-order valence-electron chi connectivity index (χ3n) is 6.88. The third-order valence-corrected chi connectivity index (χ3v) is 6.88. The molecule has 118 valence electrons. The van der Waals surface area contributed by atoms with Crippen molar-refractivity contribution >= 4 is 5.91 Å². The summed E-state index contributed by atoms with van der Waals surface area (Å²) >= 11 is 0. The van der Waals surface area contributed by atoms with E-state index in [1.165, 1.54) is 38.5 Å². The predicted octanol–water partition coefficient (Wildman–Crippen LogP) is 4.16. The minimum atomic E-state index is -0.00999. The van der Waals surface area contributed by atoms with Gasteiger partial charge in [0.1, 0.15) is 5.76 Å². The number of furan rings is 1. The molecule has 1 aromatic heterocycles. The predicted molar refractivity (Wildman–Crippen MR) is 83.0 cm³/mol. The molecule has 1 saturated heterocycles. The molecule has 0 spiro atoms. The Hall–Kier alpha value is -1.25. The molecule has 1 atom stereocenters. The minimum absolute atomic E-state index is 0.00999. The second-order valence-electron chi connectivity index (χ2n) is 8.37. The molecule has 1 unspecified atom stereocenters. The highest BCUT2D eigenvalue weighted by molar-refractivity contribution is 5.84. The molecule has 1 aliphatic heterocycles. The topological polar surface area (TPSA) is 33.5 Å². The Balaban J connectivity index is 1.44. The minimum Gasteiger partial charge on any atom is -0.467 e. The van der Waals surface area contributed by atoms with Crippen LogP contribution in [0.25, 0.3) is 0 Å². The molecule has 5 fully saturated rings. The van der Waals surface area contributed by atoms with Crippen molar-refractivity contribution in [2.75, 3.05) is 6.54 Å². The van der Waals surface area contributed by atoms with Gasteiger partial charge in [0.15, 0.2) is 0 Å². The normalized spacial score (nSPS) is 43.0. The fraction of sp³-hybridized carbons (Fsp3) is 0.737. The van der Waals surface area contributed by atoms with Crippen LogP contribution in [0, 0.1) is 23.2 Å². The quantitative estimate of drug-likeness (QED) is 0.821. The maximum Gasteiger partial charge on any atom is 0.229 e. The Labute approximate surface area is 132 Å². The second-order valence-corrected chi connectivity index (χ2v) is 8.37. The molecule has 3 nitrogen and oxygen atoms in total. The largest absolute Gasteiger partial charge is 0.467 e. The van der Waals surface area contributed by atoms with Gasteiger partial charge in [-0.3, -0.25) is 4.79 Å². The van der Waals surface area contributed by atoms with E-state index in [4.69, 9.17) is 4.42 Å². The average molecular weight is 299 g/mol. The highest BCUT2D eigenvalue weighted by Crippen LogP contribution is 2.61.